The van der Waals surface area contributed by atoms with Crippen LogP contribution in [0, 0.1) is 5.82 Å². The van der Waals surface area contributed by atoms with E-state index in [4.69, 9.17) is 4.74 Å². The number of nitrogens with zero attached hydrogens (tertiary/aromatic N) is 1. The summed E-state index contributed by atoms with van der Waals surface area (Å²) in [5, 5.41) is 0. The van der Waals surface area contributed by atoms with Gasteiger partial charge in [-0.05, 0) is 54.3 Å². The van der Waals surface area contributed by atoms with E-state index in [-0.39, 0.29) is 18.3 Å². The zero-order valence-electron chi connectivity index (χ0n) is 14.9. The van der Waals surface area contributed by atoms with Crippen LogP contribution in [-0.2, 0) is 13.0 Å². The van der Waals surface area contributed by atoms with E-state index in [0.29, 0.717) is 17.9 Å². The predicted molar refractivity (Wildman–Crippen MR) is 104 cm³/mol. The summed E-state index contributed by atoms with van der Waals surface area (Å²) in [6, 6.07) is 21.5. The summed E-state index contributed by atoms with van der Waals surface area (Å²) in [6.45, 7) is 0.975. The fourth-order valence-corrected chi connectivity index (χ4v) is 3.40. The molecule has 3 aromatic carbocycles. The number of anilines is 1. The van der Waals surface area contributed by atoms with Gasteiger partial charge in [-0.25, -0.2) is 4.39 Å². The Hall–Kier alpha value is -3.14. The van der Waals surface area contributed by atoms with Gasteiger partial charge in [-0.3, -0.25) is 4.79 Å². The van der Waals surface area contributed by atoms with Crippen LogP contribution in [0.4, 0.5) is 10.1 Å². The molecule has 0 atom stereocenters. The van der Waals surface area contributed by atoms with Gasteiger partial charge < -0.3 is 9.64 Å². The van der Waals surface area contributed by atoms with Crippen LogP contribution in [0.25, 0.3) is 0 Å². The molecule has 4 rings (SSSR count). The monoisotopic (exact) mass is 361 g/mol. The van der Waals surface area contributed by atoms with Crippen molar-refractivity contribution in [3.63, 3.8) is 0 Å². The third-order valence-corrected chi connectivity index (χ3v) is 4.78. The smallest absolute Gasteiger partial charge is 0.262 e. The van der Waals surface area contributed by atoms with E-state index >= 15 is 0 Å². The summed E-state index contributed by atoms with van der Waals surface area (Å²) in [6.07, 6.45) is 1.93. The molecule has 3 nitrogen and oxygen atoms in total. The largest absolute Gasteiger partial charge is 0.488 e. The Balaban J connectivity index is 1.57. The molecule has 1 aliphatic rings. The quantitative estimate of drug-likeness (QED) is 0.655. The number of para-hydroxylation sites is 2. The zero-order chi connectivity index (χ0) is 18.6. The maximum Gasteiger partial charge on any atom is 0.262 e. The number of aryl methyl sites for hydroxylation is 1. The molecule has 0 fully saturated rings. The molecular formula is C23H20FNO2. The van der Waals surface area contributed by atoms with Crippen molar-refractivity contribution in [2.24, 2.45) is 0 Å². The number of amides is 1. The van der Waals surface area contributed by atoms with Gasteiger partial charge >= 0.3 is 0 Å². The lowest BCUT2D eigenvalue weighted by molar-refractivity contribution is 0.0980. The third-order valence-electron chi connectivity index (χ3n) is 4.78. The Morgan fingerprint density at radius 1 is 0.963 bits per heavy atom. The summed E-state index contributed by atoms with van der Waals surface area (Å²) < 4.78 is 18.9. The number of fused-ring (bicyclic) bond motifs is 1. The van der Waals surface area contributed by atoms with Crippen LogP contribution in [0.1, 0.15) is 27.9 Å². The van der Waals surface area contributed by atoms with Crippen LogP contribution in [-0.4, -0.2) is 12.5 Å². The highest BCUT2D eigenvalue weighted by atomic mass is 19.1. The third kappa shape index (κ3) is 3.70. The molecular weight excluding hydrogens is 341 g/mol. The van der Waals surface area contributed by atoms with Crippen molar-refractivity contribution in [1.82, 2.24) is 0 Å². The summed E-state index contributed by atoms with van der Waals surface area (Å²) in [4.78, 5) is 15.1. The molecule has 1 aliphatic heterocycles. The van der Waals surface area contributed by atoms with Crippen molar-refractivity contribution in [3.8, 4) is 5.75 Å². The molecule has 0 aromatic heterocycles. The second-order valence-corrected chi connectivity index (χ2v) is 6.60. The molecule has 0 spiro atoms. The van der Waals surface area contributed by atoms with Gasteiger partial charge in [0.05, 0.1) is 5.56 Å². The molecule has 0 bridgehead atoms. The SMILES string of the molecule is O=C(c1ccccc1OCc1ccc(F)cc1)N1CCCc2ccccc21. The van der Waals surface area contributed by atoms with E-state index < -0.39 is 0 Å². The van der Waals surface area contributed by atoms with Gasteiger partial charge in [0, 0.05) is 12.2 Å². The Labute approximate surface area is 158 Å². The lowest BCUT2D eigenvalue weighted by Crippen LogP contribution is -2.35. The van der Waals surface area contributed by atoms with E-state index in [9.17, 15) is 9.18 Å². The number of ether oxygens (including phenoxy) is 1. The first-order chi connectivity index (χ1) is 13.2. The van der Waals surface area contributed by atoms with E-state index in [0.717, 1.165) is 24.1 Å². The van der Waals surface area contributed by atoms with Crippen molar-refractivity contribution in [3.05, 3.63) is 95.3 Å². The molecule has 0 saturated carbocycles. The standard InChI is InChI=1S/C23H20FNO2/c24-19-13-11-17(12-14-19)16-27-22-10-4-2-8-20(22)23(26)25-15-5-7-18-6-1-3-9-21(18)25/h1-4,6,8-14H,5,7,15-16H2. The van der Waals surface area contributed by atoms with Gasteiger partial charge in [-0.15, -0.1) is 0 Å². The molecule has 0 saturated heterocycles. The number of carbonyl (C=O) groups excluding carboxylic acids is 1. The van der Waals surface area contributed by atoms with Gasteiger partial charge in [0.15, 0.2) is 0 Å². The number of hydrogen-bond donors (Lipinski definition) is 0. The van der Waals surface area contributed by atoms with E-state index in [2.05, 4.69) is 6.07 Å². The second-order valence-electron chi connectivity index (χ2n) is 6.60. The van der Waals surface area contributed by atoms with Crippen molar-refractivity contribution in [2.45, 2.75) is 19.4 Å². The maximum atomic E-state index is 13.2. The van der Waals surface area contributed by atoms with Gasteiger partial charge in [0.2, 0.25) is 0 Å². The van der Waals surface area contributed by atoms with E-state index in [1.54, 1.807) is 24.3 Å². The highest BCUT2D eigenvalue weighted by Gasteiger charge is 2.25. The van der Waals surface area contributed by atoms with Crippen molar-refractivity contribution in [1.29, 1.82) is 0 Å². The highest BCUT2D eigenvalue weighted by molar-refractivity contribution is 6.08. The number of halogens is 1. The minimum absolute atomic E-state index is 0.0585. The summed E-state index contributed by atoms with van der Waals surface area (Å²) >= 11 is 0. The predicted octanol–water partition coefficient (Wildman–Crippen LogP) is 5.00. The Morgan fingerprint density at radius 2 is 1.70 bits per heavy atom. The molecule has 136 valence electrons. The van der Waals surface area contributed by atoms with Crippen LogP contribution in [0.3, 0.4) is 0 Å². The van der Waals surface area contributed by atoms with Crippen molar-refractivity contribution >= 4 is 11.6 Å². The fraction of sp³-hybridized carbons (Fsp3) is 0.174. The molecule has 1 heterocycles. The highest BCUT2D eigenvalue weighted by Crippen LogP contribution is 2.30. The number of rotatable bonds is 4. The lowest BCUT2D eigenvalue weighted by atomic mass is 10.0. The lowest BCUT2D eigenvalue weighted by Gasteiger charge is -2.30. The molecule has 0 N–H and O–H groups in total. The topological polar surface area (TPSA) is 29.5 Å². The van der Waals surface area contributed by atoms with Gasteiger partial charge in [0.25, 0.3) is 5.91 Å². The first-order valence-electron chi connectivity index (χ1n) is 9.08. The molecule has 0 aliphatic carbocycles. The Morgan fingerprint density at radius 3 is 2.56 bits per heavy atom. The number of carbonyl (C=O) groups is 1. The maximum absolute atomic E-state index is 13.2. The van der Waals surface area contributed by atoms with Crippen LogP contribution >= 0.6 is 0 Å². The molecule has 1 amide bonds. The zero-order valence-corrected chi connectivity index (χ0v) is 14.9. The summed E-state index contributed by atoms with van der Waals surface area (Å²) in [5.41, 5.74) is 3.56. The first-order valence-corrected chi connectivity index (χ1v) is 9.08. The molecule has 27 heavy (non-hydrogen) atoms. The number of benzene rings is 3. The van der Waals surface area contributed by atoms with Crippen LogP contribution in [0.2, 0.25) is 0 Å². The van der Waals surface area contributed by atoms with Gasteiger partial charge in [-0.1, -0.05) is 42.5 Å². The number of hydrogen-bond acceptors (Lipinski definition) is 2. The van der Waals surface area contributed by atoms with E-state index in [1.165, 1.54) is 17.7 Å². The fourth-order valence-electron chi connectivity index (χ4n) is 3.40. The van der Waals surface area contributed by atoms with Crippen molar-refractivity contribution in [2.75, 3.05) is 11.4 Å². The molecule has 4 heteroatoms. The average Bonchev–Trinajstić information content (AvgIpc) is 2.73. The second kappa shape index (κ2) is 7.62. The minimum atomic E-state index is -0.280. The van der Waals surface area contributed by atoms with Crippen molar-refractivity contribution < 1.29 is 13.9 Å². The Kier molecular flexibility index (Phi) is 4.88. The minimum Gasteiger partial charge on any atom is -0.488 e. The summed E-state index contributed by atoms with van der Waals surface area (Å²) in [7, 11) is 0. The Bertz CT molecular complexity index is 953. The molecule has 3 aromatic rings. The van der Waals surface area contributed by atoms with Gasteiger partial charge in [-0.2, -0.15) is 0 Å². The molecule has 0 radical (unpaired) electrons. The van der Waals surface area contributed by atoms with Gasteiger partial charge in [0.1, 0.15) is 18.2 Å². The van der Waals surface area contributed by atoms with E-state index in [1.807, 2.05) is 35.2 Å². The average molecular weight is 361 g/mol. The van der Waals surface area contributed by atoms with Crippen LogP contribution < -0.4 is 9.64 Å². The normalized spacial score (nSPS) is 13.1. The van der Waals surface area contributed by atoms with Crippen LogP contribution in [0.5, 0.6) is 5.75 Å². The first kappa shape index (κ1) is 17.3. The summed E-state index contributed by atoms with van der Waals surface area (Å²) in [5.74, 6) is 0.199. The van der Waals surface area contributed by atoms with Crippen LogP contribution in [0.15, 0.2) is 72.8 Å². The molecule has 0 unspecified atom stereocenters.